The molecule has 1 heterocycles. The second kappa shape index (κ2) is 4.92. The lowest BCUT2D eigenvalue weighted by Crippen LogP contribution is -1.96. The van der Waals surface area contributed by atoms with Gasteiger partial charge in [0.2, 0.25) is 0 Å². The van der Waals surface area contributed by atoms with Gasteiger partial charge >= 0.3 is 0 Å². The van der Waals surface area contributed by atoms with Crippen LogP contribution in [0.3, 0.4) is 0 Å². The summed E-state index contributed by atoms with van der Waals surface area (Å²) in [5, 5.41) is 9.80. The van der Waals surface area contributed by atoms with Crippen LogP contribution in [0, 0.1) is 18.3 Å². The van der Waals surface area contributed by atoms with Crippen LogP contribution in [0.25, 0.3) is 22.3 Å². The van der Waals surface area contributed by atoms with Gasteiger partial charge in [-0.3, -0.25) is 0 Å². The van der Waals surface area contributed by atoms with Crippen molar-refractivity contribution in [3.8, 4) is 17.3 Å². The molecule has 3 rings (SSSR count). The highest BCUT2D eigenvalue weighted by atomic mass is 35.5. The van der Waals surface area contributed by atoms with Gasteiger partial charge in [-0.2, -0.15) is 5.26 Å². The number of hydrogen-bond acceptors (Lipinski definition) is 3. The molecule has 96 valence electrons. The average Bonchev–Trinajstić information content (AvgIpc) is 2.47. The Morgan fingerprint density at radius 3 is 2.50 bits per heavy atom. The summed E-state index contributed by atoms with van der Waals surface area (Å²) in [6, 6.07) is 15.1. The lowest BCUT2D eigenvalue weighted by molar-refractivity contribution is 1.19. The van der Waals surface area contributed by atoms with E-state index in [1.807, 2.05) is 43.3 Å². The summed E-state index contributed by atoms with van der Waals surface area (Å²) in [6.45, 7) is 1.89. The molecule has 1 aromatic heterocycles. The first-order valence-corrected chi connectivity index (χ1v) is 6.50. The van der Waals surface area contributed by atoms with E-state index in [1.54, 1.807) is 6.07 Å². The summed E-state index contributed by atoms with van der Waals surface area (Å²) < 4.78 is 0. The van der Waals surface area contributed by atoms with Gasteiger partial charge in [-0.15, -0.1) is 0 Å². The quantitative estimate of drug-likeness (QED) is 0.673. The van der Waals surface area contributed by atoms with E-state index in [0.29, 0.717) is 16.1 Å². The fourth-order valence-electron chi connectivity index (χ4n) is 2.13. The van der Waals surface area contributed by atoms with Crippen molar-refractivity contribution in [2.75, 3.05) is 0 Å². The minimum atomic E-state index is 0.542. The van der Waals surface area contributed by atoms with Crippen LogP contribution in [-0.4, -0.2) is 9.97 Å². The molecule has 0 radical (unpaired) electrons. The van der Waals surface area contributed by atoms with Gasteiger partial charge in [0.1, 0.15) is 11.6 Å². The van der Waals surface area contributed by atoms with Crippen LogP contribution in [0.15, 0.2) is 42.5 Å². The van der Waals surface area contributed by atoms with Crippen LogP contribution in [0.4, 0.5) is 0 Å². The summed E-state index contributed by atoms with van der Waals surface area (Å²) in [5.74, 6) is 0. The molecule has 20 heavy (non-hydrogen) atoms. The van der Waals surface area contributed by atoms with Gasteiger partial charge in [-0.1, -0.05) is 29.8 Å². The minimum Gasteiger partial charge on any atom is -0.248 e. The monoisotopic (exact) mass is 279 g/mol. The number of nitriles is 1. The van der Waals surface area contributed by atoms with E-state index in [1.165, 1.54) is 0 Å². The van der Waals surface area contributed by atoms with Crippen LogP contribution < -0.4 is 0 Å². The summed E-state index contributed by atoms with van der Waals surface area (Å²) in [6.07, 6.45) is 0. The van der Waals surface area contributed by atoms with Crippen molar-refractivity contribution in [1.82, 2.24) is 9.97 Å². The van der Waals surface area contributed by atoms with Gasteiger partial charge in [0, 0.05) is 10.6 Å². The Hall–Kier alpha value is -2.44. The van der Waals surface area contributed by atoms with Gasteiger partial charge in [-0.05, 0) is 31.2 Å². The van der Waals surface area contributed by atoms with E-state index in [-0.39, 0.29) is 0 Å². The van der Waals surface area contributed by atoms with Crippen LogP contribution in [0.5, 0.6) is 0 Å². The summed E-state index contributed by atoms with van der Waals surface area (Å²) in [4.78, 5) is 9.15. The van der Waals surface area contributed by atoms with E-state index < -0.39 is 0 Å². The Kier molecular flexibility index (Phi) is 3.09. The molecule has 0 unspecified atom stereocenters. The van der Waals surface area contributed by atoms with Gasteiger partial charge < -0.3 is 0 Å². The standard InChI is InChI=1S/C16H10ClN3/c1-10-15(11-5-7-13(17)8-6-11)20-14-4-2-3-12(9-18)16(14)19-10/h2-8H,1H3. The molecule has 0 amide bonds. The van der Waals surface area contributed by atoms with Crippen molar-refractivity contribution in [2.24, 2.45) is 0 Å². The number of halogens is 1. The van der Waals surface area contributed by atoms with E-state index in [0.717, 1.165) is 22.5 Å². The number of rotatable bonds is 1. The molecule has 0 aliphatic rings. The van der Waals surface area contributed by atoms with E-state index in [4.69, 9.17) is 16.9 Å². The van der Waals surface area contributed by atoms with E-state index >= 15 is 0 Å². The number of aromatic nitrogens is 2. The Bertz CT molecular complexity index is 833. The molecule has 0 spiro atoms. The first kappa shape index (κ1) is 12.6. The highest BCUT2D eigenvalue weighted by Gasteiger charge is 2.10. The van der Waals surface area contributed by atoms with Crippen molar-refractivity contribution >= 4 is 22.6 Å². The highest BCUT2D eigenvalue weighted by Crippen LogP contribution is 2.25. The summed E-state index contributed by atoms with van der Waals surface area (Å²) in [7, 11) is 0. The predicted molar refractivity (Wildman–Crippen MR) is 79.4 cm³/mol. The number of aryl methyl sites for hydroxylation is 1. The second-order valence-electron chi connectivity index (χ2n) is 4.45. The maximum absolute atomic E-state index is 9.11. The number of benzene rings is 2. The smallest absolute Gasteiger partial charge is 0.107 e. The third kappa shape index (κ3) is 2.11. The zero-order valence-corrected chi connectivity index (χ0v) is 11.5. The highest BCUT2D eigenvalue weighted by molar-refractivity contribution is 6.30. The zero-order chi connectivity index (χ0) is 14.1. The van der Waals surface area contributed by atoms with Gasteiger partial charge in [0.25, 0.3) is 0 Å². The van der Waals surface area contributed by atoms with Crippen molar-refractivity contribution in [3.05, 3.63) is 58.7 Å². The SMILES string of the molecule is Cc1nc2c(C#N)cccc2nc1-c1ccc(Cl)cc1. The molecule has 0 saturated heterocycles. The molecule has 0 fully saturated rings. The van der Waals surface area contributed by atoms with Gasteiger partial charge in [0.05, 0.1) is 22.5 Å². The first-order valence-electron chi connectivity index (χ1n) is 6.12. The molecule has 4 heteroatoms. The fraction of sp³-hybridized carbons (Fsp3) is 0.0625. The maximum Gasteiger partial charge on any atom is 0.107 e. The van der Waals surface area contributed by atoms with Crippen LogP contribution >= 0.6 is 11.6 Å². The molecule has 0 aliphatic heterocycles. The molecule has 0 atom stereocenters. The second-order valence-corrected chi connectivity index (χ2v) is 4.89. The molecule has 0 N–H and O–H groups in total. The molecule has 0 aliphatic carbocycles. The van der Waals surface area contributed by atoms with Crippen LogP contribution in [0.1, 0.15) is 11.3 Å². The molecule has 3 nitrogen and oxygen atoms in total. The zero-order valence-electron chi connectivity index (χ0n) is 10.8. The summed E-state index contributed by atoms with van der Waals surface area (Å²) >= 11 is 5.90. The van der Waals surface area contributed by atoms with Crippen LogP contribution in [-0.2, 0) is 0 Å². The third-order valence-corrected chi connectivity index (χ3v) is 3.36. The van der Waals surface area contributed by atoms with Crippen molar-refractivity contribution < 1.29 is 0 Å². The normalized spacial score (nSPS) is 10.4. The van der Waals surface area contributed by atoms with Crippen molar-refractivity contribution in [1.29, 1.82) is 5.26 Å². The molecule has 2 aromatic carbocycles. The van der Waals surface area contributed by atoms with E-state index in [2.05, 4.69) is 16.0 Å². The molecular formula is C16H10ClN3. The van der Waals surface area contributed by atoms with Crippen molar-refractivity contribution in [2.45, 2.75) is 6.92 Å². The fourth-order valence-corrected chi connectivity index (χ4v) is 2.26. The Labute approximate surface area is 121 Å². The minimum absolute atomic E-state index is 0.542. The molecule has 0 saturated carbocycles. The van der Waals surface area contributed by atoms with Crippen molar-refractivity contribution in [3.63, 3.8) is 0 Å². The molecule has 0 bridgehead atoms. The Morgan fingerprint density at radius 1 is 1.05 bits per heavy atom. The van der Waals surface area contributed by atoms with Crippen LogP contribution in [0.2, 0.25) is 5.02 Å². The van der Waals surface area contributed by atoms with Gasteiger partial charge in [-0.25, -0.2) is 9.97 Å². The number of nitrogens with zero attached hydrogens (tertiary/aromatic N) is 3. The largest absolute Gasteiger partial charge is 0.248 e. The average molecular weight is 280 g/mol. The Morgan fingerprint density at radius 2 is 1.80 bits per heavy atom. The third-order valence-electron chi connectivity index (χ3n) is 3.11. The lowest BCUT2D eigenvalue weighted by Gasteiger charge is -2.07. The maximum atomic E-state index is 9.11. The number of para-hydroxylation sites is 1. The van der Waals surface area contributed by atoms with E-state index in [9.17, 15) is 0 Å². The summed E-state index contributed by atoms with van der Waals surface area (Å²) in [5.41, 5.74) is 4.47. The molecular weight excluding hydrogens is 270 g/mol. The predicted octanol–water partition coefficient (Wildman–Crippen LogP) is 4.13. The lowest BCUT2D eigenvalue weighted by atomic mass is 10.1. The first-order chi connectivity index (χ1) is 9.69. The number of fused-ring (bicyclic) bond motifs is 1. The topological polar surface area (TPSA) is 49.6 Å². The Balaban J connectivity index is 2.26. The number of hydrogen-bond donors (Lipinski definition) is 0. The molecule has 3 aromatic rings. The van der Waals surface area contributed by atoms with Gasteiger partial charge in [0.15, 0.2) is 0 Å².